The minimum absolute atomic E-state index is 0.200. The number of amides is 1. The van der Waals surface area contributed by atoms with Crippen molar-refractivity contribution in [1.82, 2.24) is 16.0 Å². The maximum absolute atomic E-state index is 11.0. The van der Waals surface area contributed by atoms with E-state index in [1.807, 2.05) is 0 Å². The summed E-state index contributed by atoms with van der Waals surface area (Å²) in [5.41, 5.74) is 0.229. The summed E-state index contributed by atoms with van der Waals surface area (Å²) in [4.78, 5) is 11.0. The Labute approximate surface area is 84.8 Å². The van der Waals surface area contributed by atoms with E-state index in [2.05, 4.69) is 22.9 Å². The molecule has 14 heavy (non-hydrogen) atoms. The van der Waals surface area contributed by atoms with Gasteiger partial charge in [-0.25, -0.2) is 0 Å². The first kappa shape index (κ1) is 9.93. The molecule has 1 amide bonds. The zero-order chi connectivity index (χ0) is 10.0. The monoisotopic (exact) mass is 197 g/mol. The second-order valence-corrected chi connectivity index (χ2v) is 4.67. The number of carbonyl (C=O) groups is 1. The molecule has 0 aliphatic carbocycles. The van der Waals surface area contributed by atoms with Crippen LogP contribution in [0.1, 0.15) is 26.2 Å². The van der Waals surface area contributed by atoms with Gasteiger partial charge in [-0.3, -0.25) is 4.79 Å². The molecule has 0 bridgehead atoms. The molecule has 2 heterocycles. The van der Waals surface area contributed by atoms with Gasteiger partial charge in [-0.05, 0) is 26.3 Å². The lowest BCUT2D eigenvalue weighted by Crippen LogP contribution is -2.49. The van der Waals surface area contributed by atoms with Crippen molar-refractivity contribution in [3.8, 4) is 0 Å². The van der Waals surface area contributed by atoms with E-state index in [0.29, 0.717) is 12.5 Å². The molecule has 2 rings (SSSR count). The smallest absolute Gasteiger partial charge is 0.220 e. The van der Waals surface area contributed by atoms with Gasteiger partial charge in [0.25, 0.3) is 0 Å². The molecule has 4 heteroatoms. The largest absolute Gasteiger partial charge is 0.352 e. The molecule has 3 N–H and O–H groups in total. The third-order valence-corrected chi connectivity index (χ3v) is 3.23. The normalized spacial score (nSPS) is 37.5. The maximum Gasteiger partial charge on any atom is 0.220 e. The third-order valence-electron chi connectivity index (χ3n) is 3.23. The predicted molar refractivity (Wildman–Crippen MR) is 55.1 cm³/mol. The lowest BCUT2D eigenvalue weighted by atomic mass is 10.0. The fraction of sp³-hybridized carbons (Fsp3) is 0.900. The van der Waals surface area contributed by atoms with Crippen molar-refractivity contribution >= 4 is 5.91 Å². The second kappa shape index (κ2) is 3.87. The van der Waals surface area contributed by atoms with Gasteiger partial charge < -0.3 is 16.0 Å². The molecule has 0 aromatic carbocycles. The Bertz CT molecular complexity index is 223. The first-order valence-electron chi connectivity index (χ1n) is 5.43. The highest BCUT2D eigenvalue weighted by atomic mass is 16.1. The lowest BCUT2D eigenvalue weighted by molar-refractivity contribution is -0.119. The second-order valence-electron chi connectivity index (χ2n) is 4.67. The Morgan fingerprint density at radius 1 is 1.64 bits per heavy atom. The molecule has 2 fully saturated rings. The van der Waals surface area contributed by atoms with E-state index in [0.717, 1.165) is 26.1 Å². The van der Waals surface area contributed by atoms with E-state index in [-0.39, 0.29) is 11.4 Å². The molecule has 0 saturated carbocycles. The van der Waals surface area contributed by atoms with Crippen LogP contribution in [-0.4, -0.2) is 37.1 Å². The molecule has 2 saturated heterocycles. The number of rotatable bonds is 3. The van der Waals surface area contributed by atoms with Gasteiger partial charge in [0.15, 0.2) is 0 Å². The first-order valence-corrected chi connectivity index (χ1v) is 5.43. The van der Waals surface area contributed by atoms with Crippen molar-refractivity contribution in [2.45, 2.75) is 37.8 Å². The SMILES string of the molecule is CC1(NCC2CCC(=O)N2)CCNC1. The molecular formula is C10H19N3O. The number of hydrogen-bond donors (Lipinski definition) is 3. The van der Waals surface area contributed by atoms with Crippen LogP contribution in [0.25, 0.3) is 0 Å². The van der Waals surface area contributed by atoms with Gasteiger partial charge in [0.05, 0.1) is 0 Å². The summed E-state index contributed by atoms with van der Waals surface area (Å²) >= 11 is 0. The van der Waals surface area contributed by atoms with E-state index in [9.17, 15) is 4.79 Å². The van der Waals surface area contributed by atoms with Gasteiger partial charge in [-0.15, -0.1) is 0 Å². The summed E-state index contributed by atoms with van der Waals surface area (Å²) in [6.45, 7) is 5.28. The van der Waals surface area contributed by atoms with Crippen molar-refractivity contribution in [2.75, 3.05) is 19.6 Å². The van der Waals surface area contributed by atoms with Crippen molar-refractivity contribution in [3.05, 3.63) is 0 Å². The highest BCUT2D eigenvalue weighted by molar-refractivity contribution is 5.78. The molecule has 0 aromatic rings. The average molecular weight is 197 g/mol. The molecule has 2 aliphatic rings. The molecular weight excluding hydrogens is 178 g/mol. The van der Waals surface area contributed by atoms with Crippen molar-refractivity contribution in [2.24, 2.45) is 0 Å². The van der Waals surface area contributed by atoms with Crippen LogP contribution in [0, 0.1) is 0 Å². The minimum atomic E-state index is 0.200. The van der Waals surface area contributed by atoms with Gasteiger partial charge >= 0.3 is 0 Å². The van der Waals surface area contributed by atoms with E-state index < -0.39 is 0 Å². The standard InChI is InChI=1S/C10H19N3O/c1-10(4-5-11-7-10)12-6-8-2-3-9(14)13-8/h8,11-12H,2-7H2,1H3,(H,13,14). The van der Waals surface area contributed by atoms with Crippen LogP contribution in [-0.2, 0) is 4.79 Å². The van der Waals surface area contributed by atoms with Crippen molar-refractivity contribution in [1.29, 1.82) is 0 Å². The molecule has 0 spiro atoms. The van der Waals surface area contributed by atoms with Gasteiger partial charge in [0.2, 0.25) is 5.91 Å². The summed E-state index contributed by atoms with van der Waals surface area (Å²) in [6.07, 6.45) is 2.85. The highest BCUT2D eigenvalue weighted by Crippen LogP contribution is 2.14. The molecule has 0 radical (unpaired) electrons. The summed E-state index contributed by atoms with van der Waals surface area (Å²) in [7, 11) is 0. The number of carbonyl (C=O) groups excluding carboxylic acids is 1. The summed E-state index contributed by atoms with van der Waals surface area (Å²) < 4.78 is 0. The molecule has 0 aromatic heterocycles. The molecule has 2 unspecified atom stereocenters. The van der Waals surface area contributed by atoms with Crippen molar-refractivity contribution < 1.29 is 4.79 Å². The van der Waals surface area contributed by atoms with Gasteiger partial charge in [-0.1, -0.05) is 0 Å². The fourth-order valence-corrected chi connectivity index (χ4v) is 2.17. The first-order chi connectivity index (χ1) is 6.68. The van der Waals surface area contributed by atoms with Crippen LogP contribution in [0.2, 0.25) is 0 Å². The van der Waals surface area contributed by atoms with E-state index in [4.69, 9.17) is 0 Å². The molecule has 2 atom stereocenters. The summed E-state index contributed by atoms with van der Waals surface area (Å²) in [5, 5.41) is 9.86. The van der Waals surface area contributed by atoms with E-state index >= 15 is 0 Å². The Morgan fingerprint density at radius 2 is 2.50 bits per heavy atom. The Morgan fingerprint density at radius 3 is 3.07 bits per heavy atom. The van der Waals surface area contributed by atoms with Gasteiger partial charge in [0.1, 0.15) is 0 Å². The quantitative estimate of drug-likeness (QED) is 0.577. The summed E-state index contributed by atoms with van der Waals surface area (Å²) in [5.74, 6) is 0.200. The van der Waals surface area contributed by atoms with Crippen LogP contribution >= 0.6 is 0 Å². The van der Waals surface area contributed by atoms with Crippen LogP contribution in [0.4, 0.5) is 0 Å². The van der Waals surface area contributed by atoms with E-state index in [1.54, 1.807) is 0 Å². The zero-order valence-corrected chi connectivity index (χ0v) is 8.73. The van der Waals surface area contributed by atoms with Gasteiger partial charge in [0, 0.05) is 31.1 Å². The predicted octanol–water partition coefficient (Wildman–Crippen LogP) is -0.393. The van der Waals surface area contributed by atoms with Crippen LogP contribution < -0.4 is 16.0 Å². The topological polar surface area (TPSA) is 53.2 Å². The minimum Gasteiger partial charge on any atom is -0.352 e. The third kappa shape index (κ3) is 2.25. The van der Waals surface area contributed by atoms with Crippen LogP contribution in [0.5, 0.6) is 0 Å². The fourth-order valence-electron chi connectivity index (χ4n) is 2.17. The highest BCUT2D eigenvalue weighted by Gasteiger charge is 2.29. The van der Waals surface area contributed by atoms with Crippen LogP contribution in [0.3, 0.4) is 0 Å². The Kier molecular flexibility index (Phi) is 2.74. The number of hydrogen-bond acceptors (Lipinski definition) is 3. The van der Waals surface area contributed by atoms with Crippen molar-refractivity contribution in [3.63, 3.8) is 0 Å². The summed E-state index contributed by atoms with van der Waals surface area (Å²) in [6, 6.07) is 0.347. The zero-order valence-electron chi connectivity index (χ0n) is 8.73. The lowest BCUT2D eigenvalue weighted by Gasteiger charge is -2.26. The number of nitrogens with one attached hydrogen (secondary N) is 3. The average Bonchev–Trinajstić information content (AvgIpc) is 2.73. The molecule has 80 valence electrons. The Balaban J connectivity index is 1.74. The van der Waals surface area contributed by atoms with Crippen LogP contribution in [0.15, 0.2) is 0 Å². The van der Waals surface area contributed by atoms with Gasteiger partial charge in [-0.2, -0.15) is 0 Å². The Hall–Kier alpha value is -0.610. The maximum atomic E-state index is 11.0. The molecule has 4 nitrogen and oxygen atoms in total. The van der Waals surface area contributed by atoms with E-state index in [1.165, 1.54) is 6.42 Å². The molecule has 2 aliphatic heterocycles.